The van der Waals surface area contributed by atoms with Gasteiger partial charge in [0.1, 0.15) is 0 Å². The second-order valence-corrected chi connectivity index (χ2v) is 5.72. The Bertz CT molecular complexity index is 550. The van der Waals surface area contributed by atoms with E-state index >= 15 is 0 Å². The van der Waals surface area contributed by atoms with Crippen molar-refractivity contribution in [2.24, 2.45) is 11.8 Å². The van der Waals surface area contributed by atoms with Crippen LogP contribution in [0.3, 0.4) is 0 Å². The van der Waals surface area contributed by atoms with Crippen molar-refractivity contribution in [2.45, 2.75) is 26.4 Å². The molecular formula is C13H14Cl2N2O3. The number of halogens is 2. The Labute approximate surface area is 126 Å². The van der Waals surface area contributed by atoms with Crippen LogP contribution in [0.5, 0.6) is 0 Å². The summed E-state index contributed by atoms with van der Waals surface area (Å²) in [6.45, 7) is 3.47. The van der Waals surface area contributed by atoms with Crippen molar-refractivity contribution >= 4 is 40.9 Å². The molecule has 1 aromatic rings. The summed E-state index contributed by atoms with van der Waals surface area (Å²) in [5.74, 6) is -0.380. The molecule has 0 saturated heterocycles. The van der Waals surface area contributed by atoms with Crippen LogP contribution in [0.4, 0.5) is 5.82 Å². The van der Waals surface area contributed by atoms with E-state index in [2.05, 4.69) is 10.3 Å². The van der Waals surface area contributed by atoms with Gasteiger partial charge in [0, 0.05) is 6.20 Å². The number of esters is 1. The van der Waals surface area contributed by atoms with Crippen molar-refractivity contribution in [3.05, 3.63) is 22.3 Å². The van der Waals surface area contributed by atoms with Gasteiger partial charge in [-0.3, -0.25) is 9.59 Å². The number of hydrogen-bond donors (Lipinski definition) is 1. The molecule has 1 aliphatic carbocycles. The van der Waals surface area contributed by atoms with Crippen LogP contribution < -0.4 is 5.32 Å². The van der Waals surface area contributed by atoms with Crippen LogP contribution in [0.15, 0.2) is 12.3 Å². The van der Waals surface area contributed by atoms with Gasteiger partial charge in [-0.2, -0.15) is 0 Å². The van der Waals surface area contributed by atoms with E-state index in [9.17, 15) is 9.59 Å². The molecule has 0 spiro atoms. The van der Waals surface area contributed by atoms with Crippen molar-refractivity contribution in [2.75, 3.05) is 5.32 Å². The fourth-order valence-corrected chi connectivity index (χ4v) is 2.12. The number of nitrogens with one attached hydrogen (secondary N) is 1. The predicted octanol–water partition coefficient (Wildman–Crippen LogP) is 2.91. The SMILES string of the molecule is C[C@H](OC(=O)[C@@H]1C[C@H]1C)C(=O)Nc1ncc(Cl)cc1Cl. The number of hydrogen-bond acceptors (Lipinski definition) is 4. The molecule has 1 amide bonds. The lowest BCUT2D eigenvalue weighted by Crippen LogP contribution is -2.31. The van der Waals surface area contributed by atoms with Gasteiger partial charge in [-0.1, -0.05) is 30.1 Å². The molecule has 20 heavy (non-hydrogen) atoms. The first-order valence-corrected chi connectivity index (χ1v) is 6.96. The van der Waals surface area contributed by atoms with E-state index < -0.39 is 12.0 Å². The molecule has 108 valence electrons. The minimum Gasteiger partial charge on any atom is -0.452 e. The summed E-state index contributed by atoms with van der Waals surface area (Å²) in [7, 11) is 0. The van der Waals surface area contributed by atoms with Crippen LogP contribution in [-0.2, 0) is 14.3 Å². The maximum Gasteiger partial charge on any atom is 0.309 e. The van der Waals surface area contributed by atoms with E-state index in [1.165, 1.54) is 19.2 Å². The largest absolute Gasteiger partial charge is 0.452 e. The van der Waals surface area contributed by atoms with Crippen LogP contribution in [0.25, 0.3) is 0 Å². The van der Waals surface area contributed by atoms with Gasteiger partial charge in [0.25, 0.3) is 5.91 Å². The van der Waals surface area contributed by atoms with Gasteiger partial charge in [-0.05, 0) is 25.3 Å². The number of carbonyl (C=O) groups is 2. The van der Waals surface area contributed by atoms with E-state index in [4.69, 9.17) is 27.9 Å². The molecule has 0 bridgehead atoms. The van der Waals surface area contributed by atoms with Gasteiger partial charge in [0.2, 0.25) is 0 Å². The number of aromatic nitrogens is 1. The Kier molecular flexibility index (Phi) is 4.50. The zero-order chi connectivity index (χ0) is 14.9. The second-order valence-electron chi connectivity index (χ2n) is 4.87. The molecule has 1 saturated carbocycles. The minimum absolute atomic E-state index is 0.0810. The number of nitrogens with zero attached hydrogens (tertiary/aromatic N) is 1. The van der Waals surface area contributed by atoms with Crippen LogP contribution in [0.1, 0.15) is 20.3 Å². The summed E-state index contributed by atoms with van der Waals surface area (Å²) < 4.78 is 5.09. The summed E-state index contributed by atoms with van der Waals surface area (Å²) >= 11 is 11.6. The van der Waals surface area contributed by atoms with Gasteiger partial charge < -0.3 is 10.1 Å². The third kappa shape index (κ3) is 3.61. The molecule has 1 aliphatic rings. The first kappa shape index (κ1) is 15.1. The average Bonchev–Trinajstić information content (AvgIpc) is 3.10. The van der Waals surface area contributed by atoms with Crippen molar-refractivity contribution in [3.8, 4) is 0 Å². The minimum atomic E-state index is -0.899. The lowest BCUT2D eigenvalue weighted by molar-refractivity contribution is -0.154. The first-order chi connectivity index (χ1) is 9.38. The Balaban J connectivity index is 1.92. The fraction of sp³-hybridized carbons (Fsp3) is 0.462. The second kappa shape index (κ2) is 5.97. The molecule has 1 fully saturated rings. The maximum absolute atomic E-state index is 11.9. The quantitative estimate of drug-likeness (QED) is 0.867. The molecule has 3 atom stereocenters. The highest BCUT2D eigenvalue weighted by atomic mass is 35.5. The summed E-state index contributed by atoms with van der Waals surface area (Å²) in [6.07, 6.45) is 1.28. The summed E-state index contributed by atoms with van der Waals surface area (Å²) in [6, 6.07) is 1.47. The number of rotatable bonds is 4. The smallest absolute Gasteiger partial charge is 0.309 e. The molecule has 1 aromatic heterocycles. The molecular weight excluding hydrogens is 303 g/mol. The molecule has 0 unspecified atom stereocenters. The van der Waals surface area contributed by atoms with Crippen LogP contribution >= 0.6 is 23.2 Å². The van der Waals surface area contributed by atoms with Gasteiger partial charge in [-0.25, -0.2) is 4.98 Å². The lowest BCUT2D eigenvalue weighted by atomic mass is 10.3. The van der Waals surface area contributed by atoms with Crippen molar-refractivity contribution in [3.63, 3.8) is 0 Å². The molecule has 1 heterocycles. The highest BCUT2D eigenvalue weighted by molar-refractivity contribution is 6.36. The van der Waals surface area contributed by atoms with Crippen molar-refractivity contribution in [1.29, 1.82) is 0 Å². The van der Waals surface area contributed by atoms with E-state index in [-0.39, 0.29) is 22.7 Å². The van der Waals surface area contributed by atoms with Gasteiger partial charge in [0.15, 0.2) is 11.9 Å². The standard InChI is InChI=1S/C13H14Cl2N2O3/c1-6-3-9(6)13(19)20-7(2)12(18)17-11-10(15)4-8(14)5-16-11/h4-7,9H,3H2,1-2H3,(H,16,17,18)/t6-,7+,9-/m1/s1. The molecule has 0 aromatic carbocycles. The third-order valence-corrected chi connectivity index (χ3v) is 3.62. The number of anilines is 1. The highest BCUT2D eigenvalue weighted by Crippen LogP contribution is 2.38. The zero-order valence-corrected chi connectivity index (χ0v) is 12.5. The van der Waals surface area contributed by atoms with Crippen LogP contribution in [0.2, 0.25) is 10.0 Å². The normalized spacial score (nSPS) is 22.0. The van der Waals surface area contributed by atoms with E-state index in [1.54, 1.807) is 0 Å². The molecule has 1 N–H and O–H groups in total. The van der Waals surface area contributed by atoms with Crippen molar-refractivity contribution in [1.82, 2.24) is 4.98 Å². The van der Waals surface area contributed by atoms with Crippen molar-refractivity contribution < 1.29 is 14.3 Å². The summed E-state index contributed by atoms with van der Waals surface area (Å²) in [4.78, 5) is 27.4. The highest BCUT2D eigenvalue weighted by Gasteiger charge is 2.41. The molecule has 0 aliphatic heterocycles. The summed E-state index contributed by atoms with van der Waals surface area (Å²) in [5, 5.41) is 3.09. The van der Waals surface area contributed by atoms with Gasteiger partial charge >= 0.3 is 5.97 Å². The van der Waals surface area contributed by atoms with Crippen LogP contribution in [-0.4, -0.2) is 23.0 Å². The van der Waals surface area contributed by atoms with Gasteiger partial charge in [0.05, 0.1) is 16.0 Å². The Morgan fingerprint density at radius 3 is 2.70 bits per heavy atom. The Morgan fingerprint density at radius 2 is 2.15 bits per heavy atom. The molecule has 5 nitrogen and oxygen atoms in total. The topological polar surface area (TPSA) is 68.3 Å². The molecule has 7 heteroatoms. The van der Waals surface area contributed by atoms with Gasteiger partial charge in [-0.15, -0.1) is 0 Å². The number of pyridine rings is 1. The first-order valence-electron chi connectivity index (χ1n) is 6.21. The summed E-state index contributed by atoms with van der Waals surface area (Å²) in [5.41, 5.74) is 0. The predicted molar refractivity (Wildman–Crippen MR) is 75.7 cm³/mol. The Hall–Kier alpha value is -1.33. The molecule has 2 rings (SSSR count). The lowest BCUT2D eigenvalue weighted by Gasteiger charge is -2.13. The van der Waals surface area contributed by atoms with E-state index in [1.807, 2.05) is 6.92 Å². The zero-order valence-electron chi connectivity index (χ0n) is 11.0. The molecule has 0 radical (unpaired) electrons. The number of amides is 1. The van der Waals surface area contributed by atoms with E-state index in [0.29, 0.717) is 10.9 Å². The maximum atomic E-state index is 11.9. The monoisotopic (exact) mass is 316 g/mol. The average molecular weight is 317 g/mol. The fourth-order valence-electron chi connectivity index (χ4n) is 1.69. The Morgan fingerprint density at radius 1 is 1.50 bits per heavy atom. The number of ether oxygens (including phenoxy) is 1. The van der Waals surface area contributed by atoms with E-state index in [0.717, 1.165) is 6.42 Å². The number of carbonyl (C=O) groups excluding carboxylic acids is 2. The van der Waals surface area contributed by atoms with Crippen LogP contribution in [0, 0.1) is 11.8 Å². The third-order valence-electron chi connectivity index (χ3n) is 3.12.